The van der Waals surface area contributed by atoms with Crippen molar-refractivity contribution in [3.05, 3.63) is 29.8 Å². The molecule has 0 saturated carbocycles. The maximum absolute atomic E-state index is 11.8. The molecule has 0 unspecified atom stereocenters. The van der Waals surface area contributed by atoms with Gasteiger partial charge < -0.3 is 15.7 Å². The number of amides is 2. The standard InChI is InChI=1S/C15H20N2O4/c1-4-16-13(19)10-5-7-11(8-6-10)17-12(18)9-15(2,3)14(20)21/h5-8H,4,9H2,1-3H3,(H,16,19)(H,17,18)(H,20,21). The molecule has 0 spiro atoms. The van der Waals surface area contributed by atoms with Crippen molar-refractivity contribution >= 4 is 23.5 Å². The van der Waals surface area contributed by atoms with Gasteiger partial charge in [-0.05, 0) is 45.0 Å². The Bertz CT molecular complexity index is 535. The number of carboxylic acids is 1. The van der Waals surface area contributed by atoms with E-state index in [1.165, 1.54) is 13.8 Å². The summed E-state index contributed by atoms with van der Waals surface area (Å²) in [4.78, 5) is 34.3. The van der Waals surface area contributed by atoms with E-state index in [4.69, 9.17) is 5.11 Å². The summed E-state index contributed by atoms with van der Waals surface area (Å²) in [5, 5.41) is 14.3. The predicted octanol–water partition coefficient (Wildman–Crippen LogP) is 1.88. The molecule has 0 fully saturated rings. The summed E-state index contributed by atoms with van der Waals surface area (Å²) in [6, 6.07) is 6.42. The lowest BCUT2D eigenvalue weighted by Gasteiger charge is -2.18. The second kappa shape index (κ2) is 6.88. The number of carbonyl (C=O) groups is 3. The second-order valence-electron chi connectivity index (χ2n) is 5.35. The fourth-order valence-electron chi connectivity index (χ4n) is 1.65. The molecule has 0 bridgehead atoms. The van der Waals surface area contributed by atoms with E-state index in [1.54, 1.807) is 24.3 Å². The number of rotatable bonds is 6. The summed E-state index contributed by atoms with van der Waals surface area (Å²) in [5.41, 5.74) is -0.0969. The Hall–Kier alpha value is -2.37. The molecule has 2 amide bonds. The first kappa shape index (κ1) is 16.7. The van der Waals surface area contributed by atoms with E-state index in [0.717, 1.165) is 0 Å². The molecule has 1 aromatic rings. The Labute approximate surface area is 123 Å². The van der Waals surface area contributed by atoms with Crippen LogP contribution in [0.5, 0.6) is 0 Å². The highest BCUT2D eigenvalue weighted by Crippen LogP contribution is 2.21. The first-order chi connectivity index (χ1) is 9.76. The van der Waals surface area contributed by atoms with Crippen LogP contribution in [0.25, 0.3) is 0 Å². The number of nitrogens with one attached hydrogen (secondary N) is 2. The molecule has 6 nitrogen and oxygen atoms in total. The number of hydrogen-bond donors (Lipinski definition) is 3. The van der Waals surface area contributed by atoms with Crippen LogP contribution in [0, 0.1) is 5.41 Å². The molecule has 1 aromatic carbocycles. The quantitative estimate of drug-likeness (QED) is 0.746. The minimum atomic E-state index is -1.12. The Morgan fingerprint density at radius 1 is 1.14 bits per heavy atom. The van der Waals surface area contributed by atoms with Crippen molar-refractivity contribution in [2.24, 2.45) is 5.41 Å². The zero-order chi connectivity index (χ0) is 16.0. The van der Waals surface area contributed by atoms with Gasteiger partial charge in [-0.15, -0.1) is 0 Å². The van der Waals surface area contributed by atoms with E-state index in [9.17, 15) is 14.4 Å². The van der Waals surface area contributed by atoms with E-state index in [-0.39, 0.29) is 18.2 Å². The van der Waals surface area contributed by atoms with Crippen LogP contribution >= 0.6 is 0 Å². The summed E-state index contributed by atoms with van der Waals surface area (Å²) >= 11 is 0. The van der Waals surface area contributed by atoms with Crippen molar-refractivity contribution in [1.29, 1.82) is 0 Å². The first-order valence-corrected chi connectivity index (χ1v) is 6.68. The smallest absolute Gasteiger partial charge is 0.309 e. The van der Waals surface area contributed by atoms with Crippen molar-refractivity contribution in [2.45, 2.75) is 27.2 Å². The largest absolute Gasteiger partial charge is 0.481 e. The minimum absolute atomic E-state index is 0.125. The zero-order valence-corrected chi connectivity index (χ0v) is 12.4. The van der Waals surface area contributed by atoms with Crippen molar-refractivity contribution in [3.8, 4) is 0 Å². The molecule has 1 rings (SSSR count). The van der Waals surface area contributed by atoms with Gasteiger partial charge >= 0.3 is 5.97 Å². The van der Waals surface area contributed by atoms with Gasteiger partial charge in [-0.25, -0.2) is 0 Å². The molecular weight excluding hydrogens is 272 g/mol. The van der Waals surface area contributed by atoms with E-state index in [0.29, 0.717) is 17.8 Å². The van der Waals surface area contributed by atoms with E-state index in [1.807, 2.05) is 6.92 Å². The second-order valence-corrected chi connectivity index (χ2v) is 5.35. The van der Waals surface area contributed by atoms with Gasteiger partial charge in [-0.2, -0.15) is 0 Å². The summed E-state index contributed by atoms with van der Waals surface area (Å²) < 4.78 is 0. The normalized spacial score (nSPS) is 10.8. The minimum Gasteiger partial charge on any atom is -0.481 e. The lowest BCUT2D eigenvalue weighted by atomic mass is 9.89. The van der Waals surface area contributed by atoms with Crippen LogP contribution in [0.1, 0.15) is 37.6 Å². The predicted molar refractivity (Wildman–Crippen MR) is 79.1 cm³/mol. The van der Waals surface area contributed by atoms with Crippen molar-refractivity contribution in [3.63, 3.8) is 0 Å². The lowest BCUT2D eigenvalue weighted by Crippen LogP contribution is -2.29. The maximum atomic E-state index is 11.8. The summed E-state index contributed by atoms with van der Waals surface area (Å²) in [5.74, 6) is -1.58. The fraction of sp³-hybridized carbons (Fsp3) is 0.400. The van der Waals surface area contributed by atoms with Gasteiger partial charge in [0, 0.05) is 24.2 Å². The molecule has 0 aliphatic heterocycles. The Balaban J connectivity index is 2.66. The van der Waals surface area contributed by atoms with Crippen LogP contribution in [0.4, 0.5) is 5.69 Å². The molecule has 0 radical (unpaired) electrons. The third-order valence-corrected chi connectivity index (χ3v) is 2.95. The average Bonchev–Trinajstić information content (AvgIpc) is 2.38. The van der Waals surface area contributed by atoms with E-state index in [2.05, 4.69) is 10.6 Å². The Kier molecular flexibility index (Phi) is 5.46. The molecule has 21 heavy (non-hydrogen) atoms. The number of benzene rings is 1. The number of anilines is 1. The first-order valence-electron chi connectivity index (χ1n) is 6.68. The van der Waals surface area contributed by atoms with Crippen molar-refractivity contribution in [2.75, 3.05) is 11.9 Å². The monoisotopic (exact) mass is 292 g/mol. The molecule has 0 atom stereocenters. The molecule has 0 heterocycles. The number of carboxylic acid groups (broad SMARTS) is 1. The average molecular weight is 292 g/mol. The van der Waals surface area contributed by atoms with Gasteiger partial charge in [0.15, 0.2) is 0 Å². The number of aliphatic carboxylic acids is 1. The maximum Gasteiger partial charge on any atom is 0.309 e. The van der Waals surface area contributed by atoms with E-state index < -0.39 is 11.4 Å². The molecule has 6 heteroatoms. The number of hydrogen-bond acceptors (Lipinski definition) is 3. The molecule has 0 saturated heterocycles. The van der Waals surface area contributed by atoms with Crippen molar-refractivity contribution < 1.29 is 19.5 Å². The molecule has 0 aliphatic rings. The van der Waals surface area contributed by atoms with Gasteiger partial charge in [-0.1, -0.05) is 0 Å². The van der Waals surface area contributed by atoms with Gasteiger partial charge in [-0.3, -0.25) is 14.4 Å². The topological polar surface area (TPSA) is 95.5 Å². The third-order valence-electron chi connectivity index (χ3n) is 2.95. The Morgan fingerprint density at radius 3 is 2.19 bits per heavy atom. The summed E-state index contributed by atoms with van der Waals surface area (Å²) in [7, 11) is 0. The van der Waals surface area contributed by atoms with Crippen LogP contribution in [-0.4, -0.2) is 29.4 Å². The van der Waals surface area contributed by atoms with Crippen molar-refractivity contribution in [1.82, 2.24) is 5.32 Å². The highest BCUT2D eigenvalue weighted by Gasteiger charge is 2.30. The Morgan fingerprint density at radius 2 is 1.71 bits per heavy atom. The van der Waals surface area contributed by atoms with Crippen LogP contribution in [-0.2, 0) is 9.59 Å². The molecule has 0 aromatic heterocycles. The van der Waals surface area contributed by atoms with Gasteiger partial charge in [0.25, 0.3) is 5.91 Å². The van der Waals surface area contributed by atoms with Crippen LogP contribution in [0.2, 0.25) is 0 Å². The fourth-order valence-corrected chi connectivity index (χ4v) is 1.65. The highest BCUT2D eigenvalue weighted by molar-refractivity contribution is 5.96. The van der Waals surface area contributed by atoms with Gasteiger partial charge in [0.05, 0.1) is 5.41 Å². The van der Waals surface area contributed by atoms with Gasteiger partial charge in [0.1, 0.15) is 0 Å². The highest BCUT2D eigenvalue weighted by atomic mass is 16.4. The van der Waals surface area contributed by atoms with Crippen LogP contribution in [0.3, 0.4) is 0 Å². The number of carbonyl (C=O) groups excluding carboxylic acids is 2. The summed E-state index contributed by atoms with van der Waals surface area (Å²) in [6.07, 6.45) is -0.125. The molecule has 114 valence electrons. The van der Waals surface area contributed by atoms with E-state index >= 15 is 0 Å². The zero-order valence-electron chi connectivity index (χ0n) is 12.4. The van der Waals surface area contributed by atoms with Gasteiger partial charge in [0.2, 0.25) is 5.91 Å². The lowest BCUT2D eigenvalue weighted by molar-refractivity contribution is -0.148. The van der Waals surface area contributed by atoms with Crippen LogP contribution < -0.4 is 10.6 Å². The molecular formula is C15H20N2O4. The molecule has 3 N–H and O–H groups in total. The third kappa shape index (κ3) is 4.91. The molecule has 0 aliphatic carbocycles. The summed E-state index contributed by atoms with van der Waals surface area (Å²) in [6.45, 7) is 5.36. The SMILES string of the molecule is CCNC(=O)c1ccc(NC(=O)CC(C)(C)C(=O)O)cc1. The van der Waals surface area contributed by atoms with Crippen LogP contribution in [0.15, 0.2) is 24.3 Å².